The van der Waals surface area contributed by atoms with E-state index in [0.29, 0.717) is 6.42 Å². The third-order valence-corrected chi connectivity index (χ3v) is 5.39. The van der Waals surface area contributed by atoms with E-state index >= 15 is 0 Å². The minimum atomic E-state index is -1.79. The summed E-state index contributed by atoms with van der Waals surface area (Å²) >= 11 is 0. The lowest BCUT2D eigenvalue weighted by Gasteiger charge is -2.24. The van der Waals surface area contributed by atoms with E-state index in [-0.39, 0.29) is 5.91 Å². The normalized spacial score (nSPS) is 11.2. The van der Waals surface area contributed by atoms with Gasteiger partial charge in [-0.25, -0.2) is 0 Å². The van der Waals surface area contributed by atoms with Gasteiger partial charge in [-0.3, -0.25) is 4.79 Å². The molecule has 0 aromatic heterocycles. The molecule has 1 amide bonds. The summed E-state index contributed by atoms with van der Waals surface area (Å²) in [6.45, 7) is 6.45. The van der Waals surface area contributed by atoms with Gasteiger partial charge in [0.15, 0.2) is 8.24 Å². The molecule has 0 aliphatic rings. The fourth-order valence-electron chi connectivity index (χ4n) is 1.68. The lowest BCUT2D eigenvalue weighted by molar-refractivity contribution is -0.119. The first-order chi connectivity index (χ1) is 7.56. The zero-order chi connectivity index (χ0) is 12.0. The van der Waals surface area contributed by atoms with Crippen LogP contribution in [0, 0.1) is 0 Å². The number of hydrogen-bond donors (Lipinski definition) is 1. The number of unbranched alkanes of at least 4 members (excludes halogenated alkanes) is 1. The Morgan fingerprint density at radius 2 is 1.88 bits per heavy atom. The van der Waals surface area contributed by atoms with Gasteiger partial charge in [-0.05, 0) is 24.7 Å². The van der Waals surface area contributed by atoms with Crippen molar-refractivity contribution < 1.29 is 4.79 Å². The van der Waals surface area contributed by atoms with Gasteiger partial charge in [0.25, 0.3) is 0 Å². The number of rotatable bonds is 5. The number of hydrogen-bond acceptors (Lipinski definition) is 1. The number of benzene rings is 1. The zero-order valence-electron chi connectivity index (χ0n) is 10.4. The van der Waals surface area contributed by atoms with Crippen molar-refractivity contribution in [2.75, 3.05) is 0 Å². The smallest absolute Gasteiger partial charge is 0.212 e. The summed E-state index contributed by atoms with van der Waals surface area (Å²) in [4.78, 5) is 14.9. The quantitative estimate of drug-likeness (QED) is 0.780. The molecule has 0 radical (unpaired) electrons. The summed E-state index contributed by atoms with van der Waals surface area (Å²) in [5.41, 5.74) is 0. The molecule has 1 aromatic rings. The third-order valence-electron chi connectivity index (χ3n) is 2.70. The van der Waals surface area contributed by atoms with Gasteiger partial charge in [0.05, 0.1) is 0 Å². The molecule has 0 fully saturated rings. The van der Waals surface area contributed by atoms with Crippen LogP contribution >= 0.6 is 0 Å². The van der Waals surface area contributed by atoms with E-state index in [9.17, 15) is 4.79 Å². The van der Waals surface area contributed by atoms with E-state index in [0.717, 1.165) is 12.8 Å². The van der Waals surface area contributed by atoms with Gasteiger partial charge < -0.3 is 4.98 Å². The van der Waals surface area contributed by atoms with Crippen molar-refractivity contribution in [3.05, 3.63) is 30.3 Å². The van der Waals surface area contributed by atoms with Crippen LogP contribution in [0.4, 0.5) is 0 Å². The summed E-state index contributed by atoms with van der Waals surface area (Å²) in [6.07, 6.45) is 2.70. The maximum Gasteiger partial charge on any atom is 0.212 e. The van der Waals surface area contributed by atoms with Gasteiger partial charge in [0, 0.05) is 6.42 Å². The molecule has 1 rings (SSSR count). The monoisotopic (exact) mass is 235 g/mol. The van der Waals surface area contributed by atoms with Crippen LogP contribution in [0.25, 0.3) is 0 Å². The van der Waals surface area contributed by atoms with Crippen molar-refractivity contribution in [3.63, 3.8) is 0 Å². The fraction of sp³-hybridized carbons (Fsp3) is 0.462. The molecule has 0 aliphatic heterocycles. The Hall–Kier alpha value is -1.09. The fourth-order valence-corrected chi connectivity index (χ4v) is 3.67. The largest absolute Gasteiger partial charge is 0.378 e. The molecule has 0 saturated heterocycles. The molecule has 16 heavy (non-hydrogen) atoms. The lowest BCUT2D eigenvalue weighted by Crippen LogP contribution is -2.57. The van der Waals surface area contributed by atoms with Crippen LogP contribution in [0.2, 0.25) is 13.1 Å². The molecular weight excluding hydrogens is 214 g/mol. The predicted octanol–water partition coefficient (Wildman–Crippen LogP) is 2.41. The number of nitrogens with one attached hydrogen (secondary N) is 1. The van der Waals surface area contributed by atoms with Crippen molar-refractivity contribution >= 4 is 19.3 Å². The summed E-state index contributed by atoms with van der Waals surface area (Å²) in [6, 6.07) is 10.3. The van der Waals surface area contributed by atoms with E-state index in [1.807, 2.05) is 18.2 Å². The van der Waals surface area contributed by atoms with E-state index < -0.39 is 8.24 Å². The van der Waals surface area contributed by atoms with Crippen molar-refractivity contribution in [2.45, 2.75) is 39.3 Å². The Balaban J connectivity index is 2.61. The minimum absolute atomic E-state index is 0.197. The summed E-state index contributed by atoms with van der Waals surface area (Å²) in [5.74, 6) is 0.197. The SMILES string of the molecule is CCCCC(=O)N[Si](C)(C)c1ccccc1. The first kappa shape index (κ1) is 13.0. The van der Waals surface area contributed by atoms with Gasteiger partial charge in [-0.2, -0.15) is 0 Å². The van der Waals surface area contributed by atoms with Crippen molar-refractivity contribution in [1.82, 2.24) is 4.98 Å². The molecule has 1 aromatic carbocycles. The predicted molar refractivity (Wildman–Crippen MR) is 71.2 cm³/mol. The highest BCUT2D eigenvalue weighted by Gasteiger charge is 2.25. The highest BCUT2D eigenvalue weighted by atomic mass is 28.3. The summed E-state index contributed by atoms with van der Waals surface area (Å²) < 4.78 is 0. The Bertz CT molecular complexity index is 335. The van der Waals surface area contributed by atoms with Gasteiger partial charge in [0.1, 0.15) is 0 Å². The molecule has 3 heteroatoms. The number of carbonyl (C=O) groups excluding carboxylic acids is 1. The second-order valence-corrected chi connectivity index (χ2v) is 8.72. The second kappa shape index (κ2) is 5.85. The third kappa shape index (κ3) is 3.81. The van der Waals surface area contributed by atoms with Crippen LogP contribution in [0.3, 0.4) is 0 Å². The molecule has 0 bridgehead atoms. The first-order valence-corrected chi connectivity index (χ1v) is 8.93. The summed E-state index contributed by atoms with van der Waals surface area (Å²) in [7, 11) is -1.79. The van der Waals surface area contributed by atoms with Crippen LogP contribution in [0.1, 0.15) is 26.2 Å². The molecule has 88 valence electrons. The maximum atomic E-state index is 11.7. The number of amides is 1. The zero-order valence-corrected chi connectivity index (χ0v) is 11.4. The van der Waals surface area contributed by atoms with Gasteiger partial charge in [-0.1, -0.05) is 43.7 Å². The molecule has 0 unspecified atom stereocenters. The maximum absolute atomic E-state index is 11.7. The molecule has 0 heterocycles. The number of carbonyl (C=O) groups is 1. The highest BCUT2D eigenvalue weighted by Crippen LogP contribution is 2.01. The van der Waals surface area contributed by atoms with E-state index in [1.54, 1.807) is 0 Å². The van der Waals surface area contributed by atoms with E-state index in [4.69, 9.17) is 0 Å². The van der Waals surface area contributed by atoms with Crippen molar-refractivity contribution in [1.29, 1.82) is 0 Å². The van der Waals surface area contributed by atoms with Crippen molar-refractivity contribution in [3.8, 4) is 0 Å². The average Bonchev–Trinajstić information content (AvgIpc) is 2.27. The Kier molecular flexibility index (Phi) is 4.74. The van der Waals surface area contributed by atoms with Gasteiger partial charge >= 0.3 is 0 Å². The first-order valence-electron chi connectivity index (χ1n) is 5.93. The van der Waals surface area contributed by atoms with E-state index in [2.05, 4.69) is 37.1 Å². The van der Waals surface area contributed by atoms with Crippen LogP contribution in [-0.2, 0) is 4.79 Å². The Labute approximate surface area is 99.2 Å². The van der Waals surface area contributed by atoms with Crippen LogP contribution in [0.15, 0.2) is 30.3 Å². The minimum Gasteiger partial charge on any atom is -0.378 e. The van der Waals surface area contributed by atoms with E-state index in [1.165, 1.54) is 5.19 Å². The summed E-state index contributed by atoms with van der Waals surface area (Å²) in [5, 5.41) is 1.28. The molecule has 0 atom stereocenters. The Morgan fingerprint density at radius 1 is 1.25 bits per heavy atom. The Morgan fingerprint density at radius 3 is 2.44 bits per heavy atom. The topological polar surface area (TPSA) is 29.1 Å². The standard InChI is InChI=1S/C13H21NOSi/c1-4-5-11-13(15)14-16(2,3)12-9-7-6-8-10-12/h6-10H,4-5,11H2,1-3H3,(H,14,15). The molecule has 0 saturated carbocycles. The molecule has 0 aliphatic carbocycles. The molecule has 2 nitrogen and oxygen atoms in total. The van der Waals surface area contributed by atoms with Crippen molar-refractivity contribution in [2.24, 2.45) is 0 Å². The second-order valence-electron chi connectivity index (χ2n) is 4.64. The molecule has 1 N–H and O–H groups in total. The van der Waals surface area contributed by atoms with Crippen LogP contribution in [-0.4, -0.2) is 14.1 Å². The average molecular weight is 235 g/mol. The van der Waals surface area contributed by atoms with Crippen LogP contribution in [0.5, 0.6) is 0 Å². The van der Waals surface area contributed by atoms with Gasteiger partial charge in [0.2, 0.25) is 5.91 Å². The van der Waals surface area contributed by atoms with Crippen LogP contribution < -0.4 is 10.2 Å². The lowest BCUT2D eigenvalue weighted by atomic mass is 10.2. The van der Waals surface area contributed by atoms with Gasteiger partial charge in [-0.15, -0.1) is 0 Å². The highest BCUT2D eigenvalue weighted by molar-refractivity contribution is 6.89. The molecule has 0 spiro atoms. The molecular formula is C13H21NOSi.